The van der Waals surface area contributed by atoms with Crippen molar-refractivity contribution in [1.29, 1.82) is 0 Å². The van der Waals surface area contributed by atoms with Gasteiger partial charge in [-0.1, -0.05) is 125 Å². The van der Waals surface area contributed by atoms with E-state index in [2.05, 4.69) is 9.80 Å². The summed E-state index contributed by atoms with van der Waals surface area (Å²) in [6.07, 6.45) is -2.55. The van der Waals surface area contributed by atoms with Gasteiger partial charge in [-0.2, -0.15) is 0 Å². The number of hydrogen-bond donors (Lipinski definition) is 0. The first-order valence-corrected chi connectivity index (χ1v) is 16.6. The molecule has 0 aliphatic carbocycles. The monoisotopic (exact) mass is 748 g/mol. The van der Waals surface area contributed by atoms with E-state index in [0.29, 0.717) is 13.1 Å². The molecule has 0 amide bonds. The minimum atomic E-state index is -0.550. The summed E-state index contributed by atoms with van der Waals surface area (Å²) in [4.78, 5) is 4.56. The predicted octanol–water partition coefficient (Wildman–Crippen LogP) is -0.930. The molecule has 12 heteroatoms. The summed E-state index contributed by atoms with van der Waals surface area (Å²) in [6.45, 7) is 36.4. The molecule has 1 saturated heterocycles. The van der Waals surface area contributed by atoms with E-state index < -0.39 is 48.8 Å². The third-order valence-electron chi connectivity index (χ3n) is 4.46. The maximum atomic E-state index is 12.2. The molecule has 282 valence electrons. The molecule has 1 rings (SSSR count). The Morgan fingerprint density at radius 2 is 0.532 bits per heavy atom. The van der Waals surface area contributed by atoms with Crippen molar-refractivity contribution in [3.8, 4) is 0 Å². The van der Waals surface area contributed by atoms with Crippen molar-refractivity contribution in [2.75, 3.05) is 39.3 Å². The zero-order valence-electron chi connectivity index (χ0n) is 33.7. The molecule has 0 bridgehead atoms. The van der Waals surface area contributed by atoms with Crippen LogP contribution >= 0.6 is 0 Å². The van der Waals surface area contributed by atoms with Crippen LogP contribution in [0.15, 0.2) is 0 Å². The second-order valence-electron chi connectivity index (χ2n) is 15.0. The molecule has 0 spiro atoms. The molecule has 0 aromatic heterocycles. The molecule has 1 fully saturated rings. The first-order valence-electron chi connectivity index (χ1n) is 16.6. The van der Waals surface area contributed by atoms with E-state index in [1.165, 1.54) is 0 Å². The summed E-state index contributed by atoms with van der Waals surface area (Å²) < 4.78 is 0. The summed E-state index contributed by atoms with van der Waals surface area (Å²) in [7, 11) is 0. The van der Waals surface area contributed by atoms with Crippen molar-refractivity contribution in [2.45, 2.75) is 180 Å². The van der Waals surface area contributed by atoms with Gasteiger partial charge in [-0.05, 0) is 43.4 Å². The second-order valence-corrected chi connectivity index (χ2v) is 15.0. The Labute approximate surface area is 322 Å². The van der Waals surface area contributed by atoms with Crippen LogP contribution in [0.5, 0.6) is 0 Å². The average Bonchev–Trinajstić information content (AvgIpc) is 2.95. The molecule has 1 aliphatic rings. The van der Waals surface area contributed by atoms with E-state index in [4.69, 9.17) is 0 Å². The van der Waals surface area contributed by atoms with Crippen LogP contribution in [0.2, 0.25) is 0 Å². The SMILES string of the molecule is CC(C)(C)[C@H]([O-])CN1CCCN(C[C@@H]([O-])C(C)(C)C)CC1.CC(C)[O-].CC(C)[O-].CC(C)[O-].CC(C)[O-].CC(C)[O-].CC(C)[O-].[Ti+4].[Ti+4]. The van der Waals surface area contributed by atoms with E-state index in [1.807, 2.05) is 41.5 Å². The second kappa shape index (κ2) is 39.8. The van der Waals surface area contributed by atoms with E-state index in [0.717, 1.165) is 32.6 Å². The Kier molecular flexibility index (Phi) is 56.2. The summed E-state index contributed by atoms with van der Waals surface area (Å²) >= 11 is 0. The van der Waals surface area contributed by atoms with Crippen molar-refractivity contribution in [3.63, 3.8) is 0 Å². The van der Waals surface area contributed by atoms with Crippen LogP contribution in [0.1, 0.15) is 131 Å². The number of rotatable bonds is 4. The number of hydrogen-bond acceptors (Lipinski definition) is 10. The maximum Gasteiger partial charge on any atom is 4.00 e. The quantitative estimate of drug-likeness (QED) is 0.325. The molecule has 2 atom stereocenters. The topological polar surface area (TPSA) is 191 Å². The normalized spacial score (nSPS) is 14.8. The van der Waals surface area contributed by atoms with Crippen LogP contribution in [-0.2, 0) is 43.4 Å². The van der Waals surface area contributed by atoms with Crippen LogP contribution < -0.4 is 40.9 Å². The minimum absolute atomic E-state index is 0. The Balaban J connectivity index is -0.0000000797. The van der Waals surface area contributed by atoms with Crippen LogP contribution in [0.3, 0.4) is 0 Å². The molecule has 0 unspecified atom stereocenters. The van der Waals surface area contributed by atoms with Gasteiger partial charge in [0, 0.05) is 13.1 Å². The van der Waals surface area contributed by atoms with Gasteiger partial charge < -0.3 is 50.7 Å². The minimum Gasteiger partial charge on any atom is -0.852 e. The van der Waals surface area contributed by atoms with E-state index in [9.17, 15) is 40.9 Å². The van der Waals surface area contributed by atoms with Crippen LogP contribution in [0.25, 0.3) is 0 Å². The Hall–Kier alpha value is 1.03. The fourth-order valence-electron chi connectivity index (χ4n) is 2.41. The molecule has 0 N–H and O–H groups in total. The van der Waals surface area contributed by atoms with Gasteiger partial charge in [0.1, 0.15) is 0 Å². The van der Waals surface area contributed by atoms with Gasteiger partial charge in [-0.25, -0.2) is 0 Å². The average molecular weight is 749 g/mol. The van der Waals surface area contributed by atoms with E-state index in [1.54, 1.807) is 83.1 Å². The molecule has 47 heavy (non-hydrogen) atoms. The van der Waals surface area contributed by atoms with Crippen LogP contribution in [-0.4, -0.2) is 97.9 Å². The van der Waals surface area contributed by atoms with Crippen molar-refractivity contribution in [2.24, 2.45) is 10.8 Å². The van der Waals surface area contributed by atoms with E-state index in [-0.39, 0.29) is 54.3 Å². The third-order valence-corrected chi connectivity index (χ3v) is 4.46. The third kappa shape index (κ3) is 93.0. The molecule has 0 aromatic rings. The van der Waals surface area contributed by atoms with Gasteiger partial charge in [0.15, 0.2) is 0 Å². The first-order chi connectivity index (χ1) is 19.9. The molecule has 0 radical (unpaired) electrons. The molecule has 1 aliphatic heterocycles. The van der Waals surface area contributed by atoms with Gasteiger partial charge in [-0.3, -0.25) is 0 Å². The van der Waals surface area contributed by atoms with Crippen molar-refractivity contribution in [1.82, 2.24) is 9.80 Å². The van der Waals surface area contributed by atoms with Crippen molar-refractivity contribution < 1.29 is 84.3 Å². The van der Waals surface area contributed by atoms with Gasteiger partial charge in [0.2, 0.25) is 0 Å². The smallest absolute Gasteiger partial charge is 0.852 e. The number of nitrogens with zero attached hydrogens (tertiary/aromatic N) is 2. The standard InChI is InChI=1S/C17H34N2O2.6C3H7O.2Ti/c1-16(2,3)14(20)12-18-8-7-9-19(11-10-18)13-15(21)17(4,5)6;6*1-3(2)4;;/h14-15H,7-13H2,1-6H3;6*3H,1-2H3;;/q-2;6*-1;2*+4/t14-,15-;;;;;;;;/m1......../s1. The Bertz CT molecular complexity index is 480. The Morgan fingerprint density at radius 3 is 0.660 bits per heavy atom. The molecule has 0 saturated carbocycles. The van der Waals surface area contributed by atoms with Gasteiger partial charge in [0.25, 0.3) is 0 Å². The Morgan fingerprint density at radius 1 is 0.383 bits per heavy atom. The van der Waals surface area contributed by atoms with Gasteiger partial charge in [0.05, 0.1) is 0 Å². The zero-order valence-corrected chi connectivity index (χ0v) is 36.9. The maximum absolute atomic E-state index is 12.2. The summed E-state index contributed by atoms with van der Waals surface area (Å²) in [5.41, 5.74) is -0.364. The van der Waals surface area contributed by atoms with Gasteiger partial charge >= 0.3 is 43.4 Å². The molecule has 1 heterocycles. The summed E-state index contributed by atoms with van der Waals surface area (Å²) in [5, 5.41) is 81.6. The molecular weight excluding hydrogens is 672 g/mol. The largest absolute Gasteiger partial charge is 4.00 e. The predicted molar refractivity (Wildman–Crippen MR) is 175 cm³/mol. The first kappa shape index (κ1) is 66.3. The fourth-order valence-corrected chi connectivity index (χ4v) is 2.41. The molecule has 10 nitrogen and oxygen atoms in total. The van der Waals surface area contributed by atoms with Crippen molar-refractivity contribution >= 4 is 0 Å². The zero-order chi connectivity index (χ0) is 37.7. The van der Waals surface area contributed by atoms with Gasteiger partial charge in [-0.15, -0.1) is 48.8 Å². The van der Waals surface area contributed by atoms with E-state index >= 15 is 0 Å². The molecular formula is C35H76N2O8Ti2. The van der Waals surface area contributed by atoms with Crippen molar-refractivity contribution in [3.05, 3.63) is 0 Å². The fraction of sp³-hybridized carbons (Fsp3) is 1.00. The van der Waals surface area contributed by atoms with Crippen LogP contribution in [0, 0.1) is 10.8 Å². The molecule has 0 aromatic carbocycles. The summed E-state index contributed by atoms with van der Waals surface area (Å²) in [6, 6.07) is 0. The summed E-state index contributed by atoms with van der Waals surface area (Å²) in [5.74, 6) is 0. The van der Waals surface area contributed by atoms with Crippen LogP contribution in [0.4, 0.5) is 0 Å².